The minimum absolute atomic E-state index is 0.0282. The molecule has 1 aromatic heterocycles. The van der Waals surface area contributed by atoms with Crippen molar-refractivity contribution >= 4 is 33.4 Å². The molecule has 4 aliphatic heterocycles. The first-order chi connectivity index (χ1) is 21.7. The smallest absolute Gasteiger partial charge is 0.319 e. The number of amides is 1. The molecule has 4 fully saturated rings. The Balaban J connectivity index is 1.32. The van der Waals surface area contributed by atoms with Crippen molar-refractivity contribution in [3.05, 3.63) is 53.6 Å². The van der Waals surface area contributed by atoms with Gasteiger partial charge in [0.25, 0.3) is 0 Å². The fourth-order valence-electron chi connectivity index (χ4n) is 8.14. The number of benzene rings is 3. The molecule has 0 radical (unpaired) electrons. The average Bonchev–Trinajstić information content (AvgIpc) is 3.65. The molecule has 4 atom stereocenters. The zero-order valence-electron chi connectivity index (χ0n) is 24.5. The van der Waals surface area contributed by atoms with E-state index in [0.29, 0.717) is 37.3 Å². The summed E-state index contributed by atoms with van der Waals surface area (Å²) in [7, 11) is 0. The summed E-state index contributed by atoms with van der Waals surface area (Å²) in [4.78, 5) is 26.4. The highest BCUT2D eigenvalue weighted by atomic mass is 19.1. The van der Waals surface area contributed by atoms with E-state index < -0.39 is 29.3 Å². The number of phenolic OH excluding ortho intramolecular Hbond substituents is 1. The molecule has 9 nitrogen and oxygen atoms in total. The molecule has 4 saturated heterocycles. The summed E-state index contributed by atoms with van der Waals surface area (Å²) < 4.78 is 53.0. The molecular weight excluding hydrogens is 585 g/mol. The van der Waals surface area contributed by atoms with Gasteiger partial charge >= 0.3 is 6.01 Å². The third-order valence-electron chi connectivity index (χ3n) is 10.1. The molecule has 0 spiro atoms. The van der Waals surface area contributed by atoms with Crippen LogP contribution in [0.5, 0.6) is 11.8 Å². The predicted octanol–water partition coefficient (Wildman–Crippen LogP) is 4.43. The van der Waals surface area contributed by atoms with Crippen LogP contribution >= 0.6 is 0 Å². The van der Waals surface area contributed by atoms with Crippen LogP contribution in [0.4, 0.5) is 19.0 Å². The third kappa shape index (κ3) is 4.64. The quantitative estimate of drug-likeness (QED) is 0.291. The molecule has 4 N–H and O–H groups in total. The first-order valence-corrected chi connectivity index (χ1v) is 15.5. The van der Waals surface area contributed by atoms with Crippen LogP contribution in [0, 0.1) is 11.6 Å². The van der Waals surface area contributed by atoms with Gasteiger partial charge in [-0.2, -0.15) is 9.97 Å². The van der Waals surface area contributed by atoms with Crippen molar-refractivity contribution in [2.75, 3.05) is 37.7 Å². The highest BCUT2D eigenvalue weighted by Crippen LogP contribution is 2.43. The highest BCUT2D eigenvalue weighted by Gasteiger charge is 2.49. The van der Waals surface area contributed by atoms with Crippen LogP contribution in [0.2, 0.25) is 0 Å². The van der Waals surface area contributed by atoms with Gasteiger partial charge in [0.1, 0.15) is 35.7 Å². The van der Waals surface area contributed by atoms with Crippen LogP contribution in [-0.4, -0.2) is 82.5 Å². The molecule has 0 aliphatic carbocycles. The SMILES string of the molecule is NC(=O)c1cc2c(N3CC4CCC(C3)N4)nc(OC[C@@]34CCCN3C[C@H](F)C4)nc2c(F)c1-c1cc(O)cc2cccc(F)c12. The second-order valence-electron chi connectivity index (χ2n) is 12.9. The van der Waals surface area contributed by atoms with Crippen molar-refractivity contribution in [1.82, 2.24) is 20.2 Å². The largest absolute Gasteiger partial charge is 0.508 e. The number of primary amides is 1. The number of piperazine rings is 1. The van der Waals surface area contributed by atoms with Gasteiger partial charge in [0.15, 0.2) is 5.82 Å². The van der Waals surface area contributed by atoms with Crippen LogP contribution in [0.15, 0.2) is 36.4 Å². The van der Waals surface area contributed by atoms with Gasteiger partial charge in [0.05, 0.1) is 11.1 Å². The van der Waals surface area contributed by atoms with E-state index in [1.807, 2.05) is 0 Å². The minimum atomic E-state index is -0.942. The molecule has 2 unspecified atom stereocenters. The van der Waals surface area contributed by atoms with E-state index in [-0.39, 0.29) is 63.4 Å². The predicted molar refractivity (Wildman–Crippen MR) is 163 cm³/mol. The van der Waals surface area contributed by atoms with E-state index in [2.05, 4.69) is 20.1 Å². The zero-order valence-corrected chi connectivity index (χ0v) is 24.5. The molecule has 3 aromatic carbocycles. The van der Waals surface area contributed by atoms with E-state index in [9.17, 15) is 14.3 Å². The molecule has 1 amide bonds. The van der Waals surface area contributed by atoms with E-state index in [1.165, 1.54) is 30.3 Å². The van der Waals surface area contributed by atoms with Gasteiger partial charge in [0, 0.05) is 54.5 Å². The summed E-state index contributed by atoms with van der Waals surface area (Å²) >= 11 is 0. The lowest BCUT2D eigenvalue weighted by atomic mass is 9.91. The Hall–Kier alpha value is -4.16. The number of carbonyl (C=O) groups excluding carboxylic acids is 1. The van der Waals surface area contributed by atoms with Gasteiger partial charge in [-0.25, -0.2) is 13.2 Å². The first kappa shape index (κ1) is 28.3. The number of fused-ring (bicyclic) bond motifs is 5. The number of carbonyl (C=O) groups is 1. The van der Waals surface area contributed by atoms with E-state index in [0.717, 1.165) is 32.2 Å². The third-order valence-corrected chi connectivity index (χ3v) is 10.1. The number of nitrogens with zero attached hydrogens (tertiary/aromatic N) is 4. The summed E-state index contributed by atoms with van der Waals surface area (Å²) in [5.74, 6) is -2.31. The van der Waals surface area contributed by atoms with Gasteiger partial charge in [-0.1, -0.05) is 12.1 Å². The van der Waals surface area contributed by atoms with Gasteiger partial charge in [-0.3, -0.25) is 9.69 Å². The number of alkyl halides is 1. The maximum atomic E-state index is 17.0. The summed E-state index contributed by atoms with van der Waals surface area (Å²) in [5, 5.41) is 14.7. The van der Waals surface area contributed by atoms with Crippen LogP contribution in [-0.2, 0) is 0 Å². The molecule has 234 valence electrons. The molecule has 12 heteroatoms. The Morgan fingerprint density at radius 1 is 1.13 bits per heavy atom. The van der Waals surface area contributed by atoms with Crippen LogP contribution in [0.25, 0.3) is 32.8 Å². The lowest BCUT2D eigenvalue weighted by molar-refractivity contribution is 0.100. The lowest BCUT2D eigenvalue weighted by Crippen LogP contribution is -2.51. The van der Waals surface area contributed by atoms with Crippen molar-refractivity contribution in [2.24, 2.45) is 5.73 Å². The van der Waals surface area contributed by atoms with E-state index in [1.54, 1.807) is 6.07 Å². The lowest BCUT2D eigenvalue weighted by Gasteiger charge is -2.35. The molecule has 2 bridgehead atoms. The second kappa shape index (κ2) is 10.4. The van der Waals surface area contributed by atoms with Crippen molar-refractivity contribution < 1.29 is 27.8 Å². The van der Waals surface area contributed by atoms with Crippen LogP contribution in [0.3, 0.4) is 0 Å². The minimum Gasteiger partial charge on any atom is -0.508 e. The van der Waals surface area contributed by atoms with E-state index >= 15 is 8.78 Å². The Morgan fingerprint density at radius 3 is 2.71 bits per heavy atom. The molecule has 0 saturated carbocycles. The van der Waals surface area contributed by atoms with Gasteiger partial charge in [-0.05, 0) is 67.4 Å². The first-order valence-electron chi connectivity index (χ1n) is 15.5. The number of halogens is 3. The molecule has 8 rings (SSSR count). The van der Waals surface area contributed by atoms with Gasteiger partial charge in [0.2, 0.25) is 5.91 Å². The van der Waals surface area contributed by atoms with Crippen LogP contribution in [0.1, 0.15) is 42.5 Å². The Kier molecular flexibility index (Phi) is 6.58. The molecular formula is C33H33F3N6O3. The van der Waals surface area contributed by atoms with E-state index in [4.69, 9.17) is 15.5 Å². The average molecular weight is 619 g/mol. The fourth-order valence-corrected chi connectivity index (χ4v) is 8.14. The number of aromatic hydroxyl groups is 1. The number of rotatable bonds is 6. The zero-order chi connectivity index (χ0) is 31.0. The number of phenols is 1. The summed E-state index contributed by atoms with van der Waals surface area (Å²) in [6.07, 6.45) is 3.13. The number of hydrogen-bond acceptors (Lipinski definition) is 8. The van der Waals surface area contributed by atoms with Gasteiger partial charge in [-0.15, -0.1) is 0 Å². The molecule has 45 heavy (non-hydrogen) atoms. The molecule has 5 heterocycles. The second-order valence-corrected chi connectivity index (χ2v) is 12.9. The fraction of sp³-hybridized carbons (Fsp3) is 0.424. The Labute approximate surface area is 257 Å². The molecule has 4 aliphatic rings. The Bertz CT molecular complexity index is 1860. The number of ether oxygens (including phenoxy) is 1. The topological polar surface area (TPSA) is 117 Å². The highest BCUT2D eigenvalue weighted by molar-refractivity contribution is 6.10. The number of hydrogen-bond donors (Lipinski definition) is 3. The maximum Gasteiger partial charge on any atom is 0.319 e. The summed E-state index contributed by atoms with van der Waals surface area (Å²) in [5.41, 5.74) is 4.76. The van der Waals surface area contributed by atoms with Crippen molar-refractivity contribution in [2.45, 2.75) is 55.9 Å². The number of nitrogens with one attached hydrogen (secondary N) is 1. The van der Waals surface area contributed by atoms with Crippen molar-refractivity contribution in [3.8, 4) is 22.9 Å². The summed E-state index contributed by atoms with van der Waals surface area (Å²) in [6.45, 7) is 2.53. The van der Waals surface area contributed by atoms with Crippen molar-refractivity contribution in [1.29, 1.82) is 0 Å². The number of nitrogens with two attached hydrogens (primary N) is 1. The number of aromatic nitrogens is 2. The monoisotopic (exact) mass is 618 g/mol. The van der Waals surface area contributed by atoms with Gasteiger partial charge < -0.3 is 25.8 Å². The summed E-state index contributed by atoms with van der Waals surface area (Å²) in [6, 6.07) is 8.74. The van der Waals surface area contributed by atoms with Crippen molar-refractivity contribution in [3.63, 3.8) is 0 Å². The normalized spacial score (nSPS) is 26.2. The Morgan fingerprint density at radius 2 is 1.93 bits per heavy atom. The van der Waals surface area contributed by atoms with Crippen LogP contribution < -0.4 is 20.7 Å². The molecule has 4 aromatic rings. The maximum absolute atomic E-state index is 17.0. The standard InChI is InChI=1S/C33H33F3N6O3/c34-18-12-33(7-2-8-42(33)13-18)16-45-32-39-29-24(31(40-32)41-14-19-5-6-20(15-41)38-19)11-23(30(37)44)27(28(29)36)22-10-21(43)9-17-3-1-4-25(35)26(17)22/h1,3-4,9-11,18-20,38,43H,2,5-8,12-16H2,(H2,37,44)/t18-,19?,20?,33+/m1/s1. The number of anilines is 1.